The maximum atomic E-state index is 11.8. The van der Waals surface area contributed by atoms with Crippen LogP contribution in [-0.2, 0) is 38.7 Å². The lowest BCUT2D eigenvalue weighted by Crippen LogP contribution is -2.27. The zero-order valence-corrected chi connectivity index (χ0v) is 35.8. The Morgan fingerprint density at radius 2 is 0.951 bits per heavy atom. The molecular formula is C45H50Cl2N6O8. The van der Waals surface area contributed by atoms with E-state index in [1.54, 1.807) is 48.2 Å². The van der Waals surface area contributed by atoms with Crippen molar-refractivity contribution in [1.29, 1.82) is 0 Å². The summed E-state index contributed by atoms with van der Waals surface area (Å²) in [6.07, 6.45) is 5.12. The van der Waals surface area contributed by atoms with E-state index in [2.05, 4.69) is 20.3 Å². The van der Waals surface area contributed by atoms with Crippen molar-refractivity contribution in [3.05, 3.63) is 162 Å². The fourth-order valence-electron chi connectivity index (χ4n) is 5.49. The first-order valence-electron chi connectivity index (χ1n) is 19.1. The van der Waals surface area contributed by atoms with Crippen molar-refractivity contribution >= 4 is 70.0 Å². The maximum Gasteiger partial charge on any atom is 0.354 e. The van der Waals surface area contributed by atoms with Gasteiger partial charge in [0.2, 0.25) is 11.8 Å². The van der Waals surface area contributed by atoms with E-state index in [0.717, 1.165) is 33.8 Å². The molecule has 0 unspecified atom stereocenters. The van der Waals surface area contributed by atoms with Crippen LogP contribution in [0.15, 0.2) is 128 Å². The molecule has 16 heteroatoms. The second-order valence-electron chi connectivity index (χ2n) is 12.7. The van der Waals surface area contributed by atoms with E-state index in [1.807, 2.05) is 97.2 Å². The van der Waals surface area contributed by atoms with Crippen LogP contribution in [0.1, 0.15) is 75.9 Å². The molecule has 14 nitrogen and oxygen atoms in total. The average Bonchev–Trinajstić information content (AvgIpc) is 4.05. The third-order valence-electron chi connectivity index (χ3n) is 8.30. The molecule has 3 heterocycles. The molecule has 3 aromatic heterocycles. The number of aromatic nitrogens is 3. The second-order valence-corrected chi connectivity index (χ2v) is 13.5. The minimum absolute atomic E-state index is 0.0555. The van der Waals surface area contributed by atoms with Gasteiger partial charge in [0.25, 0.3) is 0 Å². The number of carboxylic acids is 1. The van der Waals surface area contributed by atoms with Gasteiger partial charge in [-0.05, 0) is 85.1 Å². The Bertz CT molecular complexity index is 2240. The highest BCUT2D eigenvalue weighted by atomic mass is 35.5. The van der Waals surface area contributed by atoms with E-state index in [1.165, 1.54) is 19.9 Å². The Hall–Kier alpha value is -6.77. The molecule has 0 fully saturated rings. The van der Waals surface area contributed by atoms with Gasteiger partial charge in [0.15, 0.2) is 0 Å². The van der Waals surface area contributed by atoms with Gasteiger partial charge in [-0.3, -0.25) is 9.59 Å². The Labute approximate surface area is 364 Å². The van der Waals surface area contributed by atoms with Gasteiger partial charge in [-0.25, -0.2) is 14.4 Å². The third-order valence-corrected chi connectivity index (χ3v) is 8.30. The summed E-state index contributed by atoms with van der Waals surface area (Å²) in [5.74, 6) is -1.87. The molecule has 6 aromatic rings. The van der Waals surface area contributed by atoms with Crippen LogP contribution >= 0.6 is 23.2 Å². The van der Waals surface area contributed by atoms with Crippen molar-refractivity contribution < 1.29 is 38.6 Å². The number of para-hydroxylation sites is 3. The first-order chi connectivity index (χ1) is 29.4. The molecule has 5 N–H and O–H groups in total. The van der Waals surface area contributed by atoms with Gasteiger partial charge < -0.3 is 44.6 Å². The molecule has 0 aliphatic heterocycles. The number of carboxylic acid groups (broad SMARTS) is 1. The molecule has 2 amide bonds. The number of ether oxygens (including phenoxy) is 2. The lowest BCUT2D eigenvalue weighted by atomic mass is 10.2. The van der Waals surface area contributed by atoms with Crippen LogP contribution in [0.2, 0.25) is 0 Å². The summed E-state index contributed by atoms with van der Waals surface area (Å²) in [7, 11) is 0. The first-order valence-corrected chi connectivity index (χ1v) is 20.1. The lowest BCUT2D eigenvalue weighted by molar-refractivity contribution is -0.117. The van der Waals surface area contributed by atoms with Crippen molar-refractivity contribution in [1.82, 2.24) is 15.0 Å². The molecule has 322 valence electrons. The van der Waals surface area contributed by atoms with Crippen molar-refractivity contribution in [2.24, 2.45) is 0 Å². The molecule has 0 spiro atoms. The highest BCUT2D eigenvalue weighted by Crippen LogP contribution is 2.19. The summed E-state index contributed by atoms with van der Waals surface area (Å²) < 4.78 is 9.84. The average molecular weight is 874 g/mol. The molecular weight excluding hydrogens is 823 g/mol. The standard InChI is InChI=1S/C16H18N2O3.C14H14N2O3.C14H16N2O2.CH2Cl2/c1-3-21-16(20)15-9-13(10-17-15)11-18(12(2)19)14-7-5-4-6-8-14;1-10(17)16(12-5-3-2-4-6-12)9-11-7-13(14(18)19)15-8-11;1-2-18-14(17)13-8-11(10-16-13)9-15-12-6-4-3-5-7-12;2-1-3/h4-10,17H,3,11H2,1-2H3;2-8,15H,9H2,1H3,(H,18,19);3-8,10,15-16H,2,9H2,1H3;1H2. The van der Waals surface area contributed by atoms with Crippen LogP contribution < -0.4 is 15.1 Å². The number of aromatic amines is 3. The number of rotatable bonds is 14. The van der Waals surface area contributed by atoms with Crippen LogP contribution in [0.3, 0.4) is 0 Å². The van der Waals surface area contributed by atoms with E-state index in [0.29, 0.717) is 44.2 Å². The number of nitrogens with zero attached hydrogens (tertiary/aromatic N) is 2. The molecule has 0 saturated carbocycles. The monoisotopic (exact) mass is 872 g/mol. The van der Waals surface area contributed by atoms with Crippen molar-refractivity contribution in [3.8, 4) is 0 Å². The zero-order chi connectivity index (χ0) is 44.6. The van der Waals surface area contributed by atoms with Crippen LogP contribution in [0.5, 0.6) is 0 Å². The molecule has 0 bridgehead atoms. The number of aromatic carboxylic acids is 1. The minimum atomic E-state index is -1.01. The number of esters is 2. The fraction of sp³-hybridized carbons (Fsp3) is 0.222. The Kier molecular flexibility index (Phi) is 21.0. The first kappa shape index (κ1) is 48.6. The second kappa shape index (κ2) is 26.4. The number of carbonyl (C=O) groups excluding carboxylic acids is 4. The van der Waals surface area contributed by atoms with Crippen LogP contribution in [-0.4, -0.2) is 68.3 Å². The molecule has 0 radical (unpaired) electrons. The third kappa shape index (κ3) is 16.8. The summed E-state index contributed by atoms with van der Waals surface area (Å²) in [5.41, 5.74) is 6.26. The molecule has 6 rings (SSSR count). The van der Waals surface area contributed by atoms with Gasteiger partial charge in [0.1, 0.15) is 17.1 Å². The zero-order valence-electron chi connectivity index (χ0n) is 34.3. The van der Waals surface area contributed by atoms with Crippen LogP contribution in [0, 0.1) is 0 Å². The molecule has 3 aromatic carbocycles. The highest BCUT2D eigenvalue weighted by molar-refractivity contribution is 6.40. The normalized spacial score (nSPS) is 9.93. The van der Waals surface area contributed by atoms with Gasteiger partial charge in [0, 0.05) is 56.0 Å². The summed E-state index contributed by atoms with van der Waals surface area (Å²) in [5, 5.41) is 12.3. The molecule has 0 aliphatic carbocycles. The number of nitrogens with one attached hydrogen (secondary N) is 4. The van der Waals surface area contributed by atoms with Gasteiger partial charge >= 0.3 is 17.9 Å². The number of benzene rings is 3. The van der Waals surface area contributed by atoms with Crippen LogP contribution in [0.25, 0.3) is 0 Å². The minimum Gasteiger partial charge on any atom is -0.477 e. The summed E-state index contributed by atoms with van der Waals surface area (Å²) in [6, 6.07) is 33.6. The van der Waals surface area contributed by atoms with Gasteiger partial charge in [-0.1, -0.05) is 54.6 Å². The molecule has 0 aliphatic rings. The predicted molar refractivity (Wildman–Crippen MR) is 238 cm³/mol. The van der Waals surface area contributed by atoms with E-state index in [-0.39, 0.29) is 28.8 Å². The van der Waals surface area contributed by atoms with E-state index >= 15 is 0 Å². The number of alkyl halides is 2. The number of carbonyl (C=O) groups is 5. The lowest BCUT2D eigenvalue weighted by Gasteiger charge is -2.20. The number of anilines is 3. The largest absolute Gasteiger partial charge is 0.477 e. The van der Waals surface area contributed by atoms with E-state index < -0.39 is 11.9 Å². The number of hydrogen-bond acceptors (Lipinski definition) is 8. The molecule has 61 heavy (non-hydrogen) atoms. The number of halogens is 2. The quantitative estimate of drug-likeness (QED) is 0.0525. The van der Waals surface area contributed by atoms with Gasteiger partial charge in [-0.15, -0.1) is 23.2 Å². The van der Waals surface area contributed by atoms with Crippen molar-refractivity contribution in [3.63, 3.8) is 0 Å². The fourth-order valence-corrected chi connectivity index (χ4v) is 5.49. The van der Waals surface area contributed by atoms with Gasteiger partial charge in [0.05, 0.1) is 31.6 Å². The number of hydrogen-bond donors (Lipinski definition) is 5. The maximum absolute atomic E-state index is 11.8. The topological polar surface area (TPSA) is 190 Å². The Morgan fingerprint density at radius 3 is 1.33 bits per heavy atom. The predicted octanol–water partition coefficient (Wildman–Crippen LogP) is 9.24. The Balaban J connectivity index is 0.000000237. The molecule has 0 atom stereocenters. The summed E-state index contributed by atoms with van der Waals surface area (Å²) in [4.78, 5) is 69.1. The Morgan fingerprint density at radius 1 is 0.590 bits per heavy atom. The van der Waals surface area contributed by atoms with Crippen molar-refractivity contribution in [2.45, 2.75) is 47.3 Å². The number of amides is 2. The van der Waals surface area contributed by atoms with E-state index in [4.69, 9.17) is 37.8 Å². The van der Waals surface area contributed by atoms with E-state index in [9.17, 15) is 24.0 Å². The SMILES string of the molecule is CC(=O)N(Cc1c[nH]c(C(=O)O)c1)c1ccccc1.CCOC(=O)c1cc(CN(C(C)=O)c2ccccc2)c[nH]1.CCOC(=O)c1cc(CNc2ccccc2)c[nH]1.ClCCl. The molecule has 0 saturated heterocycles. The highest BCUT2D eigenvalue weighted by Gasteiger charge is 2.16. The summed E-state index contributed by atoms with van der Waals surface area (Å²) >= 11 is 9.53. The smallest absolute Gasteiger partial charge is 0.354 e. The summed E-state index contributed by atoms with van der Waals surface area (Å²) in [6.45, 7) is 8.67. The number of H-pyrrole nitrogens is 3. The van der Waals surface area contributed by atoms with Gasteiger partial charge in [-0.2, -0.15) is 0 Å². The van der Waals surface area contributed by atoms with Crippen LogP contribution in [0.4, 0.5) is 17.1 Å². The van der Waals surface area contributed by atoms with Crippen molar-refractivity contribution in [2.75, 3.05) is 33.7 Å².